The highest BCUT2D eigenvalue weighted by Crippen LogP contribution is 2.23. The van der Waals surface area contributed by atoms with Gasteiger partial charge in [0.25, 0.3) is 5.91 Å². The molecular weight excluding hydrogens is 390 g/mol. The molecule has 0 aromatic heterocycles. The molecule has 0 aliphatic carbocycles. The lowest BCUT2D eigenvalue weighted by Crippen LogP contribution is -2.34. The molecule has 2 rings (SSSR count). The summed E-state index contributed by atoms with van der Waals surface area (Å²) in [6.45, 7) is 4.58. The molecule has 0 bridgehead atoms. The number of hydrogen-bond acceptors (Lipinski definition) is 5. The second kappa shape index (κ2) is 11.1. The fourth-order valence-electron chi connectivity index (χ4n) is 2.42. The Bertz CT molecular complexity index is 869. The number of hydrogen-bond donors (Lipinski definition) is 3. The van der Waals surface area contributed by atoms with Crippen molar-refractivity contribution in [1.82, 2.24) is 5.32 Å². The molecule has 3 N–H and O–H groups in total. The van der Waals surface area contributed by atoms with Crippen LogP contribution >= 0.6 is 12.2 Å². The molecule has 2 aromatic carbocycles. The van der Waals surface area contributed by atoms with Gasteiger partial charge < -0.3 is 20.1 Å². The number of nitrogens with one attached hydrogen (secondary N) is 3. The van der Waals surface area contributed by atoms with Crippen LogP contribution in [0.1, 0.15) is 29.3 Å². The number of carbonyl (C=O) groups is 2. The maximum atomic E-state index is 12.4. The van der Waals surface area contributed by atoms with Crippen LogP contribution in [0.15, 0.2) is 42.5 Å². The summed E-state index contributed by atoms with van der Waals surface area (Å²) in [5, 5.41) is 8.64. The average Bonchev–Trinajstić information content (AvgIpc) is 2.71. The molecule has 2 amide bonds. The number of anilines is 2. The summed E-state index contributed by atoms with van der Waals surface area (Å²) in [7, 11) is 1.60. The number of amides is 2. The van der Waals surface area contributed by atoms with Gasteiger partial charge in [-0.15, -0.1) is 0 Å². The fraction of sp³-hybridized carbons (Fsp3) is 0.286. The Morgan fingerprint density at radius 2 is 1.66 bits per heavy atom. The van der Waals surface area contributed by atoms with Gasteiger partial charge in [0.15, 0.2) is 5.11 Å². The van der Waals surface area contributed by atoms with Crippen molar-refractivity contribution in [2.24, 2.45) is 0 Å². The molecule has 2 aromatic rings. The summed E-state index contributed by atoms with van der Waals surface area (Å²) in [5.74, 6) is 0.246. The van der Waals surface area contributed by atoms with Crippen molar-refractivity contribution in [3.05, 3.63) is 53.6 Å². The first-order chi connectivity index (χ1) is 13.9. The van der Waals surface area contributed by atoms with E-state index in [1.54, 1.807) is 44.4 Å². The van der Waals surface area contributed by atoms with E-state index in [2.05, 4.69) is 16.0 Å². The minimum Gasteiger partial charge on any atom is -0.491 e. The molecule has 0 saturated carbocycles. The van der Waals surface area contributed by atoms with Crippen LogP contribution < -0.4 is 20.7 Å². The van der Waals surface area contributed by atoms with Crippen molar-refractivity contribution in [3.63, 3.8) is 0 Å². The Kier molecular flexibility index (Phi) is 8.57. The van der Waals surface area contributed by atoms with Crippen LogP contribution in [0.2, 0.25) is 0 Å². The van der Waals surface area contributed by atoms with E-state index in [0.29, 0.717) is 42.3 Å². The van der Waals surface area contributed by atoms with Gasteiger partial charge in [-0.3, -0.25) is 14.9 Å². The summed E-state index contributed by atoms with van der Waals surface area (Å²) < 4.78 is 10.4. The Morgan fingerprint density at radius 1 is 1.00 bits per heavy atom. The van der Waals surface area contributed by atoms with Crippen molar-refractivity contribution >= 4 is 40.5 Å². The van der Waals surface area contributed by atoms with E-state index in [0.717, 1.165) is 5.56 Å². The largest absolute Gasteiger partial charge is 0.491 e. The maximum Gasteiger partial charge on any atom is 0.257 e. The van der Waals surface area contributed by atoms with Crippen LogP contribution in [0.5, 0.6) is 5.75 Å². The van der Waals surface area contributed by atoms with E-state index in [1.165, 1.54) is 0 Å². The molecule has 8 heteroatoms. The fourth-order valence-corrected chi connectivity index (χ4v) is 2.62. The molecule has 0 fully saturated rings. The van der Waals surface area contributed by atoms with E-state index in [-0.39, 0.29) is 16.9 Å². The van der Waals surface area contributed by atoms with Crippen LogP contribution in [0.3, 0.4) is 0 Å². The molecule has 0 saturated heterocycles. The highest BCUT2D eigenvalue weighted by atomic mass is 32.1. The van der Waals surface area contributed by atoms with Crippen molar-refractivity contribution in [3.8, 4) is 5.75 Å². The van der Waals surface area contributed by atoms with Crippen molar-refractivity contribution in [2.75, 3.05) is 31.0 Å². The molecule has 0 spiro atoms. The Balaban J connectivity index is 1.96. The first kappa shape index (κ1) is 22.3. The van der Waals surface area contributed by atoms with Crippen LogP contribution in [-0.4, -0.2) is 37.3 Å². The second-order valence-electron chi connectivity index (χ2n) is 6.15. The monoisotopic (exact) mass is 415 g/mol. The van der Waals surface area contributed by atoms with E-state index in [1.807, 2.05) is 19.1 Å². The summed E-state index contributed by atoms with van der Waals surface area (Å²) in [4.78, 5) is 24.0. The zero-order valence-corrected chi connectivity index (χ0v) is 17.5. The Morgan fingerprint density at radius 3 is 2.28 bits per heavy atom. The smallest absolute Gasteiger partial charge is 0.257 e. The lowest BCUT2D eigenvalue weighted by atomic mass is 10.1. The number of benzene rings is 2. The highest BCUT2D eigenvalue weighted by Gasteiger charge is 2.11. The number of methoxy groups -OCH3 is 1. The number of carbonyl (C=O) groups excluding carboxylic acids is 2. The Labute approximate surface area is 175 Å². The SMILES string of the molecule is CCC(=O)Nc1cccc(NC(=S)NC(=O)c2ccc(OCCOC)cc2)c1C. The minimum atomic E-state index is -0.334. The topological polar surface area (TPSA) is 88.7 Å². The predicted molar refractivity (Wildman–Crippen MR) is 118 cm³/mol. The maximum absolute atomic E-state index is 12.4. The predicted octanol–water partition coefficient (Wildman–Crippen LogP) is 3.50. The third kappa shape index (κ3) is 6.85. The van der Waals surface area contributed by atoms with Crippen LogP contribution in [-0.2, 0) is 9.53 Å². The second-order valence-corrected chi connectivity index (χ2v) is 6.56. The third-order valence-corrected chi connectivity index (χ3v) is 4.28. The van der Waals surface area contributed by atoms with Gasteiger partial charge >= 0.3 is 0 Å². The van der Waals surface area contributed by atoms with E-state index >= 15 is 0 Å². The summed E-state index contributed by atoms with van der Waals surface area (Å²) >= 11 is 5.25. The van der Waals surface area contributed by atoms with Gasteiger partial charge in [-0.1, -0.05) is 13.0 Å². The van der Waals surface area contributed by atoms with E-state index in [4.69, 9.17) is 21.7 Å². The number of ether oxygens (including phenoxy) is 2. The molecule has 0 aliphatic rings. The molecule has 0 radical (unpaired) electrons. The van der Waals surface area contributed by atoms with Gasteiger partial charge in [0.1, 0.15) is 12.4 Å². The molecule has 7 nitrogen and oxygen atoms in total. The van der Waals surface area contributed by atoms with Crippen LogP contribution in [0, 0.1) is 6.92 Å². The normalized spacial score (nSPS) is 10.2. The van der Waals surface area contributed by atoms with Crippen molar-refractivity contribution in [2.45, 2.75) is 20.3 Å². The van der Waals surface area contributed by atoms with Gasteiger partial charge in [0, 0.05) is 30.5 Å². The lowest BCUT2D eigenvalue weighted by Gasteiger charge is -2.15. The van der Waals surface area contributed by atoms with Crippen LogP contribution in [0.4, 0.5) is 11.4 Å². The number of rotatable bonds is 8. The van der Waals surface area contributed by atoms with Crippen molar-refractivity contribution < 1.29 is 19.1 Å². The summed E-state index contributed by atoms with van der Waals surface area (Å²) in [5.41, 5.74) is 2.67. The first-order valence-electron chi connectivity index (χ1n) is 9.18. The van der Waals surface area contributed by atoms with E-state index in [9.17, 15) is 9.59 Å². The quantitative estimate of drug-likeness (QED) is 0.452. The summed E-state index contributed by atoms with van der Waals surface area (Å²) in [6.07, 6.45) is 0.391. The van der Waals surface area contributed by atoms with Crippen molar-refractivity contribution in [1.29, 1.82) is 0 Å². The lowest BCUT2D eigenvalue weighted by molar-refractivity contribution is -0.115. The molecular formula is C21H25N3O4S. The van der Waals surface area contributed by atoms with Gasteiger partial charge in [-0.25, -0.2) is 0 Å². The van der Waals surface area contributed by atoms with Gasteiger partial charge in [-0.05, 0) is 61.1 Å². The zero-order chi connectivity index (χ0) is 21.2. The van der Waals surface area contributed by atoms with Gasteiger partial charge in [0.2, 0.25) is 5.91 Å². The number of thiocarbonyl (C=S) groups is 1. The van der Waals surface area contributed by atoms with E-state index < -0.39 is 0 Å². The zero-order valence-electron chi connectivity index (χ0n) is 16.7. The molecule has 154 valence electrons. The summed E-state index contributed by atoms with van der Waals surface area (Å²) in [6, 6.07) is 12.2. The molecule has 0 aliphatic heterocycles. The van der Waals surface area contributed by atoms with Gasteiger partial charge in [-0.2, -0.15) is 0 Å². The third-order valence-electron chi connectivity index (χ3n) is 4.08. The molecule has 0 atom stereocenters. The Hall–Kier alpha value is -2.97. The molecule has 29 heavy (non-hydrogen) atoms. The minimum absolute atomic E-state index is 0.0734. The average molecular weight is 416 g/mol. The molecule has 0 heterocycles. The highest BCUT2D eigenvalue weighted by molar-refractivity contribution is 7.80. The van der Waals surface area contributed by atoms with Gasteiger partial charge in [0.05, 0.1) is 6.61 Å². The molecule has 0 unspecified atom stereocenters. The van der Waals surface area contributed by atoms with Crippen LogP contribution in [0.25, 0.3) is 0 Å². The first-order valence-corrected chi connectivity index (χ1v) is 9.59. The standard InChI is InChI=1S/C21H25N3O4S/c1-4-19(25)22-17-6-5-7-18(14(17)2)23-21(29)24-20(26)15-8-10-16(11-9-15)28-13-12-27-3/h5-11H,4,12-13H2,1-3H3,(H,22,25)(H2,23,24,26,29).